The van der Waals surface area contributed by atoms with Crippen LogP contribution in [0.3, 0.4) is 0 Å². The van der Waals surface area contributed by atoms with Gasteiger partial charge < -0.3 is 9.84 Å². The Morgan fingerprint density at radius 3 is 2.50 bits per heavy atom. The van der Waals surface area contributed by atoms with Crippen molar-refractivity contribution in [2.24, 2.45) is 0 Å². The van der Waals surface area contributed by atoms with E-state index in [9.17, 15) is 23.1 Å². The summed E-state index contributed by atoms with van der Waals surface area (Å²) in [7, 11) is 0. The van der Waals surface area contributed by atoms with Crippen LogP contribution < -0.4 is 4.74 Å². The fraction of sp³-hybridized carbons (Fsp3) is 0.200. The summed E-state index contributed by atoms with van der Waals surface area (Å²) in [4.78, 5) is 15.8. The van der Waals surface area contributed by atoms with Gasteiger partial charge in [-0.1, -0.05) is 37.6 Å². The molecule has 8 heteroatoms. The van der Waals surface area contributed by atoms with Crippen LogP contribution in [0, 0.1) is 0 Å². The molecule has 3 rings (SSSR count). The largest absolute Gasteiger partial charge is 0.511 e. The number of carbonyl (C=O) groups is 1. The highest BCUT2D eigenvalue weighted by atomic mass is 35.5. The molecule has 28 heavy (non-hydrogen) atoms. The molecule has 0 atom stereocenters. The zero-order chi connectivity index (χ0) is 20.6. The van der Waals surface area contributed by atoms with Gasteiger partial charge in [-0.2, -0.15) is 13.2 Å². The van der Waals surface area contributed by atoms with Crippen molar-refractivity contribution in [1.29, 1.82) is 0 Å². The number of rotatable bonds is 3. The highest BCUT2D eigenvalue weighted by molar-refractivity contribution is 6.31. The first-order chi connectivity index (χ1) is 13.1. The number of ether oxygens (including phenoxy) is 1. The molecular formula is C20H15ClF3NO3. The molecular weight excluding hydrogens is 395 g/mol. The van der Waals surface area contributed by atoms with Gasteiger partial charge in [0.05, 0.1) is 16.8 Å². The number of nitrogens with zero attached hydrogens (tertiary/aromatic N) is 1. The molecule has 0 bridgehead atoms. The molecule has 4 nitrogen and oxygen atoms in total. The lowest BCUT2D eigenvalue weighted by atomic mass is 9.94. The molecule has 1 heterocycles. The van der Waals surface area contributed by atoms with Crippen LogP contribution in [-0.2, 0) is 6.18 Å². The SMILES string of the molecule is CC(C)c1nc2ccc(Cl)cc2c(-c2cccc(C(F)(F)F)c2)c1OC(=O)O. The Bertz CT molecular complexity index is 1060. The van der Waals surface area contributed by atoms with Gasteiger partial charge in [0.2, 0.25) is 0 Å². The molecule has 1 aromatic heterocycles. The van der Waals surface area contributed by atoms with E-state index in [1.807, 2.05) is 0 Å². The molecule has 0 spiro atoms. The average Bonchev–Trinajstić information content (AvgIpc) is 2.59. The Morgan fingerprint density at radius 1 is 1.18 bits per heavy atom. The summed E-state index contributed by atoms with van der Waals surface area (Å²) < 4.78 is 44.7. The maximum atomic E-state index is 13.2. The van der Waals surface area contributed by atoms with Gasteiger partial charge in [-0.25, -0.2) is 9.78 Å². The number of fused-ring (bicyclic) bond motifs is 1. The van der Waals surface area contributed by atoms with E-state index in [1.165, 1.54) is 18.2 Å². The van der Waals surface area contributed by atoms with Crippen LogP contribution >= 0.6 is 11.6 Å². The van der Waals surface area contributed by atoms with E-state index in [-0.39, 0.29) is 22.8 Å². The maximum absolute atomic E-state index is 13.2. The van der Waals surface area contributed by atoms with Gasteiger partial charge in [0.1, 0.15) is 0 Å². The van der Waals surface area contributed by atoms with Crippen molar-refractivity contribution in [2.45, 2.75) is 25.9 Å². The second-order valence-electron chi connectivity index (χ2n) is 6.46. The summed E-state index contributed by atoms with van der Waals surface area (Å²) in [5.74, 6) is -0.337. The van der Waals surface area contributed by atoms with Crippen molar-refractivity contribution in [3.8, 4) is 16.9 Å². The summed E-state index contributed by atoms with van der Waals surface area (Å²) in [6, 6.07) is 9.38. The zero-order valence-corrected chi connectivity index (χ0v) is 15.6. The lowest BCUT2D eigenvalue weighted by Crippen LogP contribution is -2.10. The lowest BCUT2D eigenvalue weighted by molar-refractivity contribution is -0.137. The number of carboxylic acid groups (broad SMARTS) is 1. The Morgan fingerprint density at radius 2 is 1.89 bits per heavy atom. The first-order valence-electron chi connectivity index (χ1n) is 8.29. The maximum Gasteiger partial charge on any atom is 0.511 e. The molecule has 2 aromatic carbocycles. The summed E-state index contributed by atoms with van der Waals surface area (Å²) in [5, 5.41) is 9.93. The molecule has 0 unspecified atom stereocenters. The Kier molecular flexibility index (Phi) is 5.21. The number of halogens is 4. The van der Waals surface area contributed by atoms with Crippen LogP contribution in [-0.4, -0.2) is 16.2 Å². The zero-order valence-electron chi connectivity index (χ0n) is 14.8. The second-order valence-corrected chi connectivity index (χ2v) is 6.90. The van der Waals surface area contributed by atoms with Crippen LogP contribution in [0.15, 0.2) is 42.5 Å². The van der Waals surface area contributed by atoms with Crippen molar-refractivity contribution in [3.63, 3.8) is 0 Å². The second kappa shape index (κ2) is 7.31. The van der Waals surface area contributed by atoms with E-state index in [0.717, 1.165) is 12.1 Å². The topological polar surface area (TPSA) is 59.4 Å². The first kappa shape index (κ1) is 19.9. The summed E-state index contributed by atoms with van der Waals surface area (Å²) in [6.07, 6.45) is -6.14. The van der Waals surface area contributed by atoms with Crippen molar-refractivity contribution >= 4 is 28.7 Å². The van der Waals surface area contributed by atoms with Crippen LogP contribution in [0.25, 0.3) is 22.0 Å². The van der Waals surface area contributed by atoms with Crippen molar-refractivity contribution < 1.29 is 27.8 Å². The predicted molar refractivity (Wildman–Crippen MR) is 99.9 cm³/mol. The summed E-state index contributed by atoms with van der Waals surface area (Å²) in [6.45, 7) is 3.57. The molecule has 0 saturated heterocycles. The van der Waals surface area contributed by atoms with E-state index in [1.54, 1.807) is 26.0 Å². The molecule has 3 aromatic rings. The molecule has 1 N–H and O–H groups in total. The third-order valence-corrected chi connectivity index (χ3v) is 4.38. The van der Waals surface area contributed by atoms with E-state index >= 15 is 0 Å². The fourth-order valence-electron chi connectivity index (χ4n) is 2.96. The molecule has 0 aliphatic rings. The molecule has 146 valence electrons. The van der Waals surface area contributed by atoms with Crippen LogP contribution in [0.5, 0.6) is 5.75 Å². The molecule has 0 aliphatic heterocycles. The summed E-state index contributed by atoms with van der Waals surface area (Å²) >= 11 is 6.08. The molecule has 0 saturated carbocycles. The summed E-state index contributed by atoms with van der Waals surface area (Å²) in [5.41, 5.74) is 0.291. The quantitative estimate of drug-likeness (QED) is 0.486. The Hall–Kier alpha value is -2.80. The highest BCUT2D eigenvalue weighted by Crippen LogP contribution is 2.43. The standard InChI is InChI=1S/C20H15ClF3NO3/c1-10(2)17-18(28-19(26)27)16(14-9-13(21)6-7-15(14)25-17)11-4-3-5-12(8-11)20(22,23)24/h3-10H,1-2H3,(H,26,27). The van der Waals surface area contributed by atoms with Crippen LogP contribution in [0.1, 0.15) is 31.0 Å². The van der Waals surface area contributed by atoms with Gasteiger partial charge in [0.15, 0.2) is 5.75 Å². The van der Waals surface area contributed by atoms with Gasteiger partial charge in [0.25, 0.3) is 0 Å². The van der Waals surface area contributed by atoms with Crippen LogP contribution in [0.4, 0.5) is 18.0 Å². The van der Waals surface area contributed by atoms with Crippen molar-refractivity contribution in [2.75, 3.05) is 0 Å². The van der Waals surface area contributed by atoms with Gasteiger partial charge in [-0.15, -0.1) is 0 Å². The molecule has 0 radical (unpaired) electrons. The smallest absolute Gasteiger partial charge is 0.449 e. The van der Waals surface area contributed by atoms with E-state index in [2.05, 4.69) is 4.98 Å². The van der Waals surface area contributed by atoms with Gasteiger partial charge in [0, 0.05) is 16.0 Å². The minimum atomic E-state index is -4.55. The third kappa shape index (κ3) is 3.89. The Balaban J connectivity index is 2.44. The lowest BCUT2D eigenvalue weighted by Gasteiger charge is -2.18. The van der Waals surface area contributed by atoms with E-state index in [0.29, 0.717) is 21.6 Å². The van der Waals surface area contributed by atoms with Crippen molar-refractivity contribution in [1.82, 2.24) is 4.98 Å². The molecule has 0 fully saturated rings. The normalized spacial score (nSPS) is 11.8. The van der Waals surface area contributed by atoms with Crippen LogP contribution in [0.2, 0.25) is 5.02 Å². The molecule has 0 aliphatic carbocycles. The number of alkyl halides is 3. The highest BCUT2D eigenvalue weighted by Gasteiger charge is 2.31. The number of pyridine rings is 1. The van der Waals surface area contributed by atoms with Crippen molar-refractivity contribution in [3.05, 3.63) is 58.7 Å². The number of benzene rings is 2. The third-order valence-electron chi connectivity index (χ3n) is 4.14. The fourth-order valence-corrected chi connectivity index (χ4v) is 3.13. The van der Waals surface area contributed by atoms with Gasteiger partial charge in [-0.05, 0) is 41.8 Å². The van der Waals surface area contributed by atoms with E-state index < -0.39 is 17.9 Å². The average molecular weight is 410 g/mol. The molecule has 0 amide bonds. The van der Waals surface area contributed by atoms with Gasteiger partial charge >= 0.3 is 12.3 Å². The minimum absolute atomic E-state index is 0.100. The predicted octanol–water partition coefficient (Wildman–Crippen LogP) is 6.75. The van der Waals surface area contributed by atoms with E-state index in [4.69, 9.17) is 16.3 Å². The number of aromatic nitrogens is 1. The first-order valence-corrected chi connectivity index (χ1v) is 8.67. The number of hydrogen-bond acceptors (Lipinski definition) is 3. The minimum Gasteiger partial charge on any atom is -0.449 e. The monoisotopic (exact) mass is 409 g/mol. The van der Waals surface area contributed by atoms with Gasteiger partial charge in [-0.3, -0.25) is 0 Å². The Labute approximate surface area is 163 Å². The number of hydrogen-bond donors (Lipinski definition) is 1.